The molecule has 0 heterocycles. The average Bonchev–Trinajstić information content (AvgIpc) is 2.31. The zero-order valence-electron chi connectivity index (χ0n) is 10.1. The zero-order chi connectivity index (χ0) is 12.1. The molecule has 0 aromatic heterocycles. The van der Waals surface area contributed by atoms with E-state index < -0.39 is 0 Å². The Labute approximate surface area is 97.9 Å². The van der Waals surface area contributed by atoms with Crippen LogP contribution in [-0.2, 0) is 14.3 Å². The molecule has 0 aliphatic carbocycles. The van der Waals surface area contributed by atoms with Crippen LogP contribution >= 0.6 is 0 Å². The lowest BCUT2D eigenvalue weighted by Crippen LogP contribution is -1.99. The fraction of sp³-hybridized carbons (Fsp3) is 0.692. The van der Waals surface area contributed by atoms with Crippen LogP contribution in [0.25, 0.3) is 0 Å². The van der Waals surface area contributed by atoms with Crippen molar-refractivity contribution >= 4 is 12.3 Å². The molecule has 3 heteroatoms. The highest BCUT2D eigenvalue weighted by Crippen LogP contribution is 2.09. The van der Waals surface area contributed by atoms with Gasteiger partial charge in [0, 0.05) is 6.42 Å². The first-order valence-electron chi connectivity index (χ1n) is 5.98. The van der Waals surface area contributed by atoms with Crippen LogP contribution in [0.2, 0.25) is 0 Å². The van der Waals surface area contributed by atoms with Gasteiger partial charge in [-0.2, -0.15) is 0 Å². The van der Waals surface area contributed by atoms with Gasteiger partial charge in [-0.1, -0.05) is 31.8 Å². The van der Waals surface area contributed by atoms with E-state index in [1.54, 1.807) is 6.08 Å². The fourth-order valence-electron chi connectivity index (χ4n) is 1.49. The lowest BCUT2D eigenvalue weighted by Gasteiger charge is -2.00. The number of methoxy groups -OCH3 is 1. The van der Waals surface area contributed by atoms with Gasteiger partial charge >= 0.3 is 5.97 Å². The summed E-state index contributed by atoms with van der Waals surface area (Å²) in [6.07, 6.45) is 12.5. The van der Waals surface area contributed by atoms with Gasteiger partial charge in [0.05, 0.1) is 7.11 Å². The van der Waals surface area contributed by atoms with E-state index in [0.29, 0.717) is 6.42 Å². The maximum atomic E-state index is 10.8. The minimum Gasteiger partial charge on any atom is -0.469 e. The minimum atomic E-state index is -0.112. The third-order valence-corrected chi connectivity index (χ3v) is 2.44. The number of carbonyl (C=O) groups excluding carboxylic acids is 2. The molecule has 0 spiro atoms. The summed E-state index contributed by atoms with van der Waals surface area (Å²) in [7, 11) is 1.43. The summed E-state index contributed by atoms with van der Waals surface area (Å²) in [6, 6.07) is 0. The normalized spacial score (nSPS) is 10.6. The Morgan fingerprint density at radius 2 is 1.69 bits per heavy atom. The van der Waals surface area contributed by atoms with Gasteiger partial charge in [0.1, 0.15) is 6.29 Å². The minimum absolute atomic E-state index is 0.112. The van der Waals surface area contributed by atoms with E-state index in [1.165, 1.54) is 26.4 Å². The van der Waals surface area contributed by atoms with Crippen molar-refractivity contribution < 1.29 is 14.3 Å². The van der Waals surface area contributed by atoms with Crippen molar-refractivity contribution in [3.63, 3.8) is 0 Å². The van der Waals surface area contributed by atoms with Crippen molar-refractivity contribution in [2.45, 2.75) is 51.4 Å². The smallest absolute Gasteiger partial charge is 0.305 e. The van der Waals surface area contributed by atoms with E-state index in [0.717, 1.165) is 32.0 Å². The molecule has 3 nitrogen and oxygen atoms in total. The van der Waals surface area contributed by atoms with Crippen molar-refractivity contribution in [1.82, 2.24) is 0 Å². The summed E-state index contributed by atoms with van der Waals surface area (Å²) in [5, 5.41) is 0. The highest BCUT2D eigenvalue weighted by atomic mass is 16.5. The van der Waals surface area contributed by atoms with Gasteiger partial charge in [-0.25, -0.2) is 0 Å². The third kappa shape index (κ3) is 11.0. The molecule has 92 valence electrons. The lowest BCUT2D eigenvalue weighted by molar-refractivity contribution is -0.140. The number of unbranched alkanes of at least 4 members (excludes halogenated alkanes) is 6. The maximum Gasteiger partial charge on any atom is 0.305 e. The molecular weight excluding hydrogens is 204 g/mol. The highest BCUT2D eigenvalue weighted by molar-refractivity contribution is 5.68. The Balaban J connectivity index is 3.07. The summed E-state index contributed by atoms with van der Waals surface area (Å²) >= 11 is 0. The first-order valence-corrected chi connectivity index (χ1v) is 5.98. The molecule has 0 aliphatic heterocycles. The molecule has 0 fully saturated rings. The Hall–Kier alpha value is -1.12. The summed E-state index contributed by atoms with van der Waals surface area (Å²) in [5.41, 5.74) is 0. The second kappa shape index (κ2) is 12.0. The second-order valence-corrected chi connectivity index (χ2v) is 3.80. The highest BCUT2D eigenvalue weighted by Gasteiger charge is 1.98. The van der Waals surface area contributed by atoms with Crippen molar-refractivity contribution in [3.05, 3.63) is 12.2 Å². The fourth-order valence-corrected chi connectivity index (χ4v) is 1.49. The topological polar surface area (TPSA) is 43.4 Å². The van der Waals surface area contributed by atoms with E-state index in [9.17, 15) is 9.59 Å². The van der Waals surface area contributed by atoms with Gasteiger partial charge in [0.15, 0.2) is 0 Å². The van der Waals surface area contributed by atoms with E-state index in [1.807, 2.05) is 6.08 Å². The van der Waals surface area contributed by atoms with Crippen LogP contribution in [0.3, 0.4) is 0 Å². The molecule has 0 bridgehead atoms. The molecule has 0 saturated heterocycles. The molecular formula is C13H22O3. The van der Waals surface area contributed by atoms with Crippen LogP contribution in [0.15, 0.2) is 12.2 Å². The number of aldehydes is 1. The Morgan fingerprint density at radius 3 is 2.31 bits per heavy atom. The molecule has 0 aromatic rings. The van der Waals surface area contributed by atoms with Gasteiger partial charge in [-0.3, -0.25) is 9.59 Å². The molecule has 0 N–H and O–H groups in total. The third-order valence-electron chi connectivity index (χ3n) is 2.44. The Kier molecular flexibility index (Phi) is 11.1. The SMILES string of the molecule is COC(=O)CCCCCCCC/C=C/C=O. The number of esters is 1. The van der Waals surface area contributed by atoms with Crippen LogP contribution in [0.1, 0.15) is 51.4 Å². The van der Waals surface area contributed by atoms with E-state index in [2.05, 4.69) is 4.74 Å². The van der Waals surface area contributed by atoms with E-state index in [4.69, 9.17) is 0 Å². The average molecular weight is 226 g/mol. The summed E-state index contributed by atoms with van der Waals surface area (Å²) in [5.74, 6) is -0.112. The molecule has 0 saturated carbocycles. The summed E-state index contributed by atoms with van der Waals surface area (Å²) in [4.78, 5) is 20.8. The van der Waals surface area contributed by atoms with Crippen LogP contribution in [-0.4, -0.2) is 19.4 Å². The molecule has 0 unspecified atom stereocenters. The first-order chi connectivity index (χ1) is 7.81. The van der Waals surface area contributed by atoms with Gasteiger partial charge in [-0.15, -0.1) is 0 Å². The largest absolute Gasteiger partial charge is 0.469 e. The van der Waals surface area contributed by atoms with Crippen LogP contribution in [0.4, 0.5) is 0 Å². The quantitative estimate of drug-likeness (QED) is 0.249. The Bertz CT molecular complexity index is 209. The molecule has 0 amide bonds. The predicted molar refractivity (Wildman–Crippen MR) is 64.2 cm³/mol. The maximum absolute atomic E-state index is 10.8. The number of rotatable bonds is 10. The number of hydrogen-bond acceptors (Lipinski definition) is 3. The monoisotopic (exact) mass is 226 g/mol. The van der Waals surface area contributed by atoms with Crippen LogP contribution in [0, 0.1) is 0 Å². The molecule has 0 rings (SSSR count). The lowest BCUT2D eigenvalue weighted by atomic mass is 10.1. The molecule has 0 radical (unpaired) electrons. The zero-order valence-corrected chi connectivity index (χ0v) is 10.1. The Morgan fingerprint density at radius 1 is 1.06 bits per heavy atom. The predicted octanol–water partition coefficient (Wildman–Crippen LogP) is 3.04. The van der Waals surface area contributed by atoms with Gasteiger partial charge < -0.3 is 4.74 Å². The number of hydrogen-bond donors (Lipinski definition) is 0. The number of allylic oxidation sites excluding steroid dienone is 2. The molecule has 0 aromatic carbocycles. The molecule has 0 aliphatic rings. The second-order valence-electron chi connectivity index (χ2n) is 3.80. The molecule has 16 heavy (non-hydrogen) atoms. The van der Waals surface area contributed by atoms with Crippen molar-refractivity contribution in [3.8, 4) is 0 Å². The van der Waals surface area contributed by atoms with Crippen LogP contribution in [0.5, 0.6) is 0 Å². The summed E-state index contributed by atoms with van der Waals surface area (Å²) in [6.45, 7) is 0. The van der Waals surface area contributed by atoms with Crippen LogP contribution < -0.4 is 0 Å². The molecule has 0 atom stereocenters. The van der Waals surface area contributed by atoms with Crippen molar-refractivity contribution in [1.29, 1.82) is 0 Å². The first kappa shape index (κ1) is 14.9. The number of ether oxygens (including phenoxy) is 1. The van der Waals surface area contributed by atoms with E-state index >= 15 is 0 Å². The van der Waals surface area contributed by atoms with E-state index in [-0.39, 0.29) is 5.97 Å². The van der Waals surface area contributed by atoms with Crippen molar-refractivity contribution in [2.75, 3.05) is 7.11 Å². The summed E-state index contributed by atoms with van der Waals surface area (Å²) < 4.78 is 4.56. The van der Waals surface area contributed by atoms with Crippen molar-refractivity contribution in [2.24, 2.45) is 0 Å². The van der Waals surface area contributed by atoms with Gasteiger partial charge in [0.25, 0.3) is 0 Å². The standard InChI is InChI=1S/C13H22O3/c1-16-13(15)11-9-7-5-3-2-4-6-8-10-12-14/h8,10,12H,2-7,9,11H2,1H3/b10-8+. The van der Waals surface area contributed by atoms with Gasteiger partial charge in [-0.05, 0) is 25.3 Å². The number of carbonyl (C=O) groups is 2. The van der Waals surface area contributed by atoms with Gasteiger partial charge in [0.2, 0.25) is 0 Å².